The number of fused-ring (bicyclic) bond motifs is 4. The predicted molar refractivity (Wildman–Crippen MR) is 88.7 cm³/mol. The van der Waals surface area contributed by atoms with Crippen LogP contribution in [0.25, 0.3) is 11.1 Å². The lowest BCUT2D eigenvalue weighted by Crippen LogP contribution is -2.39. The molecule has 23 heavy (non-hydrogen) atoms. The quantitative estimate of drug-likeness (QED) is 0.815. The molecule has 6 nitrogen and oxygen atoms in total. The number of hydrogen-bond acceptors (Lipinski definition) is 5. The lowest BCUT2D eigenvalue weighted by molar-refractivity contribution is -0.122. The molecule has 0 radical (unpaired) electrons. The van der Waals surface area contributed by atoms with Crippen molar-refractivity contribution in [2.75, 3.05) is 31.6 Å². The smallest absolute Gasteiger partial charge is 0.298 e. The Morgan fingerprint density at radius 1 is 1.26 bits per heavy atom. The molecule has 2 aromatic rings. The highest BCUT2D eigenvalue weighted by atomic mass is 16.4. The summed E-state index contributed by atoms with van der Waals surface area (Å²) < 4.78 is 5.96. The Morgan fingerprint density at radius 3 is 2.83 bits per heavy atom. The van der Waals surface area contributed by atoms with E-state index in [2.05, 4.69) is 21.8 Å². The van der Waals surface area contributed by atoms with Crippen LogP contribution < -0.4 is 4.90 Å². The van der Waals surface area contributed by atoms with Gasteiger partial charge in [0.25, 0.3) is 12.5 Å². The van der Waals surface area contributed by atoms with E-state index in [1.807, 2.05) is 24.3 Å². The Bertz CT molecular complexity index is 624. The van der Waals surface area contributed by atoms with Gasteiger partial charge in [-0.15, -0.1) is 0 Å². The zero-order valence-electron chi connectivity index (χ0n) is 13.4. The monoisotopic (exact) mass is 317 g/mol. The van der Waals surface area contributed by atoms with Gasteiger partial charge < -0.3 is 19.3 Å². The van der Waals surface area contributed by atoms with Gasteiger partial charge in [-0.2, -0.15) is 4.98 Å². The summed E-state index contributed by atoms with van der Waals surface area (Å²) in [6.07, 6.45) is 3.99. The van der Waals surface area contributed by atoms with Crippen LogP contribution in [0.5, 0.6) is 0 Å². The van der Waals surface area contributed by atoms with E-state index in [0.717, 1.165) is 36.1 Å². The fraction of sp³-hybridized carbons (Fsp3) is 0.529. The van der Waals surface area contributed by atoms with Gasteiger partial charge in [-0.3, -0.25) is 4.79 Å². The summed E-state index contributed by atoms with van der Waals surface area (Å²) in [5.74, 6) is 0.738. The van der Waals surface area contributed by atoms with Crippen molar-refractivity contribution in [2.45, 2.75) is 25.3 Å². The van der Waals surface area contributed by atoms with Gasteiger partial charge in [-0.05, 0) is 37.9 Å². The van der Waals surface area contributed by atoms with Crippen LogP contribution in [-0.4, -0.2) is 54.2 Å². The minimum atomic E-state index is -0.250. The first-order chi connectivity index (χ1) is 11.2. The molecule has 124 valence electrons. The van der Waals surface area contributed by atoms with E-state index in [1.54, 1.807) is 0 Å². The number of rotatable bonds is 1. The summed E-state index contributed by atoms with van der Waals surface area (Å²) in [4.78, 5) is 17.9. The Hall–Kier alpha value is -2.08. The van der Waals surface area contributed by atoms with Gasteiger partial charge in [0.15, 0.2) is 5.58 Å². The summed E-state index contributed by atoms with van der Waals surface area (Å²) in [6.45, 7) is 3.08. The maximum atomic E-state index is 8.36. The van der Waals surface area contributed by atoms with E-state index in [4.69, 9.17) is 14.3 Å². The van der Waals surface area contributed by atoms with Crippen LogP contribution in [0.2, 0.25) is 0 Å². The predicted octanol–water partition coefficient (Wildman–Crippen LogP) is 2.45. The molecule has 2 fully saturated rings. The van der Waals surface area contributed by atoms with E-state index in [9.17, 15) is 0 Å². The van der Waals surface area contributed by atoms with Crippen LogP contribution in [0.4, 0.5) is 6.01 Å². The average Bonchev–Trinajstić information content (AvgIpc) is 2.78. The van der Waals surface area contributed by atoms with Crippen molar-refractivity contribution in [3.63, 3.8) is 0 Å². The van der Waals surface area contributed by atoms with Crippen molar-refractivity contribution in [1.82, 2.24) is 9.88 Å². The van der Waals surface area contributed by atoms with Gasteiger partial charge in [0.05, 0.1) is 0 Å². The maximum Gasteiger partial charge on any atom is 0.298 e. The number of carbonyl (C=O) groups is 1. The standard InChI is InChI=1S/C16H21N3O.CH2O2/c1-18-9-12-5-4-6-13(18)11-19(10-12)16-17-14-7-2-3-8-15(14)20-16;2-1-3/h2-3,7-8,12-13H,4-6,9-11H2,1H3;1H,(H,2,3)/t12-,13-;/m0./s1. The van der Waals surface area contributed by atoms with Gasteiger partial charge in [0.2, 0.25) is 0 Å². The Balaban J connectivity index is 0.000000485. The molecule has 1 N–H and O–H groups in total. The maximum absolute atomic E-state index is 8.36. The topological polar surface area (TPSA) is 69.8 Å². The molecule has 0 unspecified atom stereocenters. The zero-order valence-corrected chi connectivity index (χ0v) is 13.4. The van der Waals surface area contributed by atoms with E-state index < -0.39 is 0 Å². The van der Waals surface area contributed by atoms with Gasteiger partial charge >= 0.3 is 0 Å². The molecule has 0 amide bonds. The highest BCUT2D eigenvalue weighted by molar-refractivity contribution is 5.74. The van der Waals surface area contributed by atoms with Crippen LogP contribution in [0, 0.1) is 5.92 Å². The third-order valence-corrected chi connectivity index (χ3v) is 4.78. The molecular formula is C17H23N3O3. The summed E-state index contributed by atoms with van der Waals surface area (Å²) in [6, 6.07) is 9.47. The van der Waals surface area contributed by atoms with Crippen molar-refractivity contribution in [3.8, 4) is 0 Å². The van der Waals surface area contributed by atoms with Crippen LogP contribution in [0.3, 0.4) is 0 Å². The van der Waals surface area contributed by atoms with Crippen LogP contribution in [0.15, 0.2) is 28.7 Å². The minimum Gasteiger partial charge on any atom is -0.483 e. The van der Waals surface area contributed by atoms with E-state index in [1.165, 1.54) is 25.8 Å². The summed E-state index contributed by atoms with van der Waals surface area (Å²) in [5.41, 5.74) is 1.86. The number of aromatic nitrogens is 1. The van der Waals surface area contributed by atoms with E-state index >= 15 is 0 Å². The highest BCUT2D eigenvalue weighted by Gasteiger charge is 2.32. The van der Waals surface area contributed by atoms with Crippen molar-refractivity contribution < 1.29 is 14.3 Å². The van der Waals surface area contributed by atoms with Gasteiger partial charge in [0, 0.05) is 25.7 Å². The minimum absolute atomic E-state index is 0.250. The van der Waals surface area contributed by atoms with Crippen molar-refractivity contribution in [3.05, 3.63) is 24.3 Å². The fourth-order valence-electron chi connectivity index (χ4n) is 3.68. The molecule has 6 heteroatoms. The molecule has 0 aliphatic carbocycles. The number of oxazole rings is 1. The summed E-state index contributed by atoms with van der Waals surface area (Å²) >= 11 is 0. The second-order valence-corrected chi connectivity index (χ2v) is 6.36. The van der Waals surface area contributed by atoms with Crippen molar-refractivity contribution in [2.24, 2.45) is 5.92 Å². The number of anilines is 1. The van der Waals surface area contributed by atoms with Crippen molar-refractivity contribution >= 4 is 23.6 Å². The normalized spacial score (nSPS) is 24.7. The molecule has 4 rings (SSSR count). The Morgan fingerprint density at radius 2 is 2.04 bits per heavy atom. The summed E-state index contributed by atoms with van der Waals surface area (Å²) in [7, 11) is 2.26. The SMILES string of the molecule is CN1C[C@@H]2CCC[C@H]1CN(c1nc3ccccc3o1)C2.O=CO. The first kappa shape index (κ1) is 15.8. The molecule has 0 spiro atoms. The molecular weight excluding hydrogens is 294 g/mol. The number of likely N-dealkylation sites (N-methyl/N-ethyl adjacent to an activating group) is 1. The lowest BCUT2D eigenvalue weighted by atomic mass is 10.0. The third kappa shape index (κ3) is 3.47. The molecule has 2 aliphatic rings. The van der Waals surface area contributed by atoms with Crippen LogP contribution in [0.1, 0.15) is 19.3 Å². The number of para-hydroxylation sites is 2. The fourth-order valence-corrected chi connectivity index (χ4v) is 3.68. The molecule has 1 aromatic carbocycles. The molecule has 2 atom stereocenters. The molecule has 3 heterocycles. The number of hydrogen-bond donors (Lipinski definition) is 1. The first-order valence-corrected chi connectivity index (χ1v) is 8.10. The molecule has 2 saturated heterocycles. The lowest BCUT2D eigenvalue weighted by Gasteiger charge is -2.28. The van der Waals surface area contributed by atoms with Gasteiger partial charge in [-0.1, -0.05) is 18.6 Å². The zero-order chi connectivity index (χ0) is 16.2. The van der Waals surface area contributed by atoms with Gasteiger partial charge in [0.1, 0.15) is 5.52 Å². The molecule has 1 aromatic heterocycles. The largest absolute Gasteiger partial charge is 0.483 e. The number of nitrogens with zero attached hydrogens (tertiary/aromatic N) is 3. The Kier molecular flexibility index (Phi) is 4.81. The molecule has 2 bridgehead atoms. The number of carboxylic acid groups (broad SMARTS) is 1. The average molecular weight is 317 g/mol. The third-order valence-electron chi connectivity index (χ3n) is 4.78. The Labute approximate surface area is 135 Å². The van der Waals surface area contributed by atoms with Gasteiger partial charge in [-0.25, -0.2) is 0 Å². The molecule has 0 saturated carbocycles. The highest BCUT2D eigenvalue weighted by Crippen LogP contribution is 2.30. The van der Waals surface area contributed by atoms with E-state index in [-0.39, 0.29) is 6.47 Å². The van der Waals surface area contributed by atoms with Crippen LogP contribution in [-0.2, 0) is 4.79 Å². The second kappa shape index (κ2) is 7.00. The first-order valence-electron chi connectivity index (χ1n) is 8.10. The van der Waals surface area contributed by atoms with Crippen molar-refractivity contribution in [1.29, 1.82) is 0 Å². The van der Waals surface area contributed by atoms with Crippen LogP contribution >= 0.6 is 0 Å². The number of benzene rings is 1. The van der Waals surface area contributed by atoms with E-state index in [0.29, 0.717) is 6.04 Å². The second-order valence-electron chi connectivity index (χ2n) is 6.36. The summed E-state index contributed by atoms with van der Waals surface area (Å²) in [5, 5.41) is 6.89. The molecule has 2 aliphatic heterocycles.